The van der Waals surface area contributed by atoms with Crippen LogP contribution >= 0.6 is 0 Å². The van der Waals surface area contributed by atoms with Gasteiger partial charge < -0.3 is 21.3 Å². The van der Waals surface area contributed by atoms with Crippen LogP contribution in [0.25, 0.3) is 0 Å². The molecule has 1 amide bonds. The van der Waals surface area contributed by atoms with Crippen LogP contribution in [-0.2, 0) is 16.2 Å². The molecule has 4 aliphatic carbocycles. The molecule has 1 saturated heterocycles. The summed E-state index contributed by atoms with van der Waals surface area (Å²) in [5.41, 5.74) is 8.31. The Bertz CT molecular complexity index is 1080. The monoisotopic (exact) mass is 537 g/mol. The molecule has 6 rings (SSSR count). The molecule has 0 aromatic heterocycles. The molecule has 5 fully saturated rings. The lowest BCUT2D eigenvalue weighted by Gasteiger charge is -2.62. The maximum absolute atomic E-state index is 13.8. The van der Waals surface area contributed by atoms with E-state index in [-0.39, 0.29) is 24.1 Å². The number of nitrogens with zero attached hydrogens (tertiary/aromatic N) is 1. The van der Waals surface area contributed by atoms with Gasteiger partial charge in [-0.1, -0.05) is 64.0 Å². The summed E-state index contributed by atoms with van der Waals surface area (Å²) in [5, 5.41) is 25.7. The van der Waals surface area contributed by atoms with Gasteiger partial charge in [0.25, 0.3) is 0 Å². The third kappa shape index (κ3) is 5.64. The van der Waals surface area contributed by atoms with Gasteiger partial charge in [-0.15, -0.1) is 0 Å². The normalized spacial score (nSPS) is 35.8. The fourth-order valence-corrected chi connectivity index (χ4v) is 7.86. The summed E-state index contributed by atoms with van der Waals surface area (Å²) in [5.74, 6) is 7.54. The first kappa shape index (κ1) is 28.6. The van der Waals surface area contributed by atoms with Gasteiger partial charge in [-0.25, -0.2) is 0 Å². The number of amides is 1. The fraction of sp³-hybridized carbons (Fsp3) is 0.719. The molecule has 1 aromatic rings. The van der Waals surface area contributed by atoms with Gasteiger partial charge in [0.1, 0.15) is 12.1 Å². The van der Waals surface area contributed by atoms with Gasteiger partial charge in [-0.05, 0) is 73.5 Å². The highest BCUT2D eigenvalue weighted by molar-refractivity contribution is 5.82. The van der Waals surface area contributed by atoms with E-state index in [4.69, 9.17) is 10.6 Å². The zero-order valence-corrected chi connectivity index (χ0v) is 24.0. The summed E-state index contributed by atoms with van der Waals surface area (Å²) in [6.45, 7) is 8.73. The molecule has 1 aliphatic heterocycles. The van der Waals surface area contributed by atoms with E-state index in [2.05, 4.69) is 37.9 Å². The van der Waals surface area contributed by atoms with E-state index in [0.29, 0.717) is 29.7 Å². The molecular weight excluding hydrogens is 490 g/mol. The second-order valence-electron chi connectivity index (χ2n) is 13.4. The van der Waals surface area contributed by atoms with E-state index >= 15 is 0 Å². The number of carbonyl (C=O) groups excluding carboxylic acids is 1. The average Bonchev–Trinajstić information content (AvgIpc) is 3.28. The minimum Gasteiger partial charge on any atom is -0.394 e. The van der Waals surface area contributed by atoms with E-state index in [1.807, 2.05) is 24.3 Å². The number of rotatable bonds is 6. The first-order chi connectivity index (χ1) is 18.5. The summed E-state index contributed by atoms with van der Waals surface area (Å²) in [7, 11) is 0. The van der Waals surface area contributed by atoms with Crippen LogP contribution in [0.1, 0.15) is 83.8 Å². The van der Waals surface area contributed by atoms with E-state index in [0.717, 1.165) is 43.2 Å². The van der Waals surface area contributed by atoms with Crippen LogP contribution in [0.3, 0.4) is 0 Å². The zero-order chi connectivity index (χ0) is 27.9. The van der Waals surface area contributed by atoms with Crippen molar-refractivity contribution in [2.45, 2.75) is 109 Å². The summed E-state index contributed by atoms with van der Waals surface area (Å²) in [6, 6.07) is 7.37. The quantitative estimate of drug-likeness (QED) is 0.415. The molecule has 1 aromatic carbocycles. The van der Waals surface area contributed by atoms with Crippen LogP contribution < -0.4 is 11.1 Å². The number of hydroxylamine groups is 2. The predicted molar refractivity (Wildman–Crippen MR) is 151 cm³/mol. The number of aliphatic hydroxyl groups excluding tert-OH is 2. The van der Waals surface area contributed by atoms with Crippen LogP contribution in [0.4, 0.5) is 0 Å². The second kappa shape index (κ2) is 11.1. The highest BCUT2D eigenvalue weighted by Crippen LogP contribution is 2.61. The van der Waals surface area contributed by atoms with Crippen LogP contribution in [0.15, 0.2) is 24.3 Å². The van der Waals surface area contributed by atoms with Crippen molar-refractivity contribution in [3.63, 3.8) is 0 Å². The molecule has 1 heterocycles. The van der Waals surface area contributed by atoms with Gasteiger partial charge in [0.05, 0.1) is 24.8 Å². The number of hydrogen-bond donors (Lipinski definition) is 4. The number of hydrogen-bond acceptors (Lipinski definition) is 6. The highest BCUT2D eigenvalue weighted by atomic mass is 16.7. The van der Waals surface area contributed by atoms with Crippen LogP contribution in [-0.4, -0.2) is 57.6 Å². The van der Waals surface area contributed by atoms with Crippen molar-refractivity contribution in [3.8, 4) is 11.8 Å². The second-order valence-corrected chi connectivity index (χ2v) is 13.4. The first-order valence-electron chi connectivity index (χ1n) is 15.0. The van der Waals surface area contributed by atoms with E-state index in [1.165, 1.54) is 12.8 Å². The van der Waals surface area contributed by atoms with Crippen LogP contribution in [0.5, 0.6) is 0 Å². The lowest BCUT2D eigenvalue weighted by molar-refractivity contribution is -0.183. The Hall–Kier alpha value is -1.95. The van der Waals surface area contributed by atoms with Crippen molar-refractivity contribution < 1.29 is 19.8 Å². The molecule has 4 saturated carbocycles. The SMILES string of the molecule is C[C@H](O)[C@@H]1[C@H](CO)ON(Cc2ccc(C#CC3(N)CCCCC3)cc2)[C@@H]1C(=O)N[C@H]1CC2CC([C@H]1C)C2(C)C. The Balaban J connectivity index is 1.29. The van der Waals surface area contributed by atoms with Gasteiger partial charge in [-0.3, -0.25) is 9.63 Å². The minimum absolute atomic E-state index is 0.117. The molecule has 0 radical (unpaired) electrons. The Labute approximate surface area is 233 Å². The Morgan fingerprint density at radius 2 is 1.90 bits per heavy atom. The van der Waals surface area contributed by atoms with E-state index in [9.17, 15) is 15.0 Å². The number of nitrogens with one attached hydrogen (secondary N) is 1. The third-order valence-corrected chi connectivity index (χ3v) is 10.6. The molecule has 214 valence electrons. The summed E-state index contributed by atoms with van der Waals surface area (Å²) in [4.78, 5) is 19.9. The van der Waals surface area contributed by atoms with Gasteiger partial charge in [0.2, 0.25) is 5.91 Å². The van der Waals surface area contributed by atoms with Gasteiger partial charge >= 0.3 is 0 Å². The molecule has 5 N–H and O–H groups in total. The van der Waals surface area contributed by atoms with Crippen molar-refractivity contribution in [1.82, 2.24) is 10.4 Å². The number of carbonyl (C=O) groups is 1. The van der Waals surface area contributed by atoms with Crippen LogP contribution in [0, 0.1) is 40.9 Å². The van der Waals surface area contributed by atoms with Crippen molar-refractivity contribution in [1.29, 1.82) is 0 Å². The smallest absolute Gasteiger partial charge is 0.240 e. The Morgan fingerprint density at radius 1 is 1.21 bits per heavy atom. The van der Waals surface area contributed by atoms with E-state index < -0.39 is 24.2 Å². The highest BCUT2D eigenvalue weighted by Gasteiger charge is 2.57. The lowest BCUT2D eigenvalue weighted by atomic mass is 9.45. The third-order valence-electron chi connectivity index (χ3n) is 10.6. The zero-order valence-electron chi connectivity index (χ0n) is 24.0. The van der Waals surface area contributed by atoms with Crippen molar-refractivity contribution in [2.75, 3.05) is 6.61 Å². The molecule has 39 heavy (non-hydrogen) atoms. The number of nitrogens with two attached hydrogens (primary N) is 1. The summed E-state index contributed by atoms with van der Waals surface area (Å²) < 4.78 is 0. The maximum Gasteiger partial charge on any atom is 0.240 e. The van der Waals surface area contributed by atoms with Gasteiger partial charge in [-0.2, -0.15) is 5.06 Å². The molecule has 7 nitrogen and oxygen atoms in total. The standard InChI is InChI=1S/C32H47N3O4/c1-20-25-16-24(31(25,3)4)17-26(20)34-30(38)29-28(21(2)37)27(19-36)39-35(29)18-23-10-8-22(9-11-23)12-15-32(33)13-6-5-7-14-32/h8-11,20-21,24-29,36-37H,5-7,13-14,16-19,33H2,1-4H3,(H,34,38)/t20-,21+,24?,25?,26+,27+,28-,29+/m1/s1. The fourth-order valence-electron chi connectivity index (χ4n) is 7.86. The largest absolute Gasteiger partial charge is 0.394 e. The average molecular weight is 538 g/mol. The molecule has 2 unspecified atom stereocenters. The lowest BCUT2D eigenvalue weighted by Crippen LogP contribution is -2.62. The van der Waals surface area contributed by atoms with E-state index in [1.54, 1.807) is 12.0 Å². The molecule has 5 aliphatic rings. The summed E-state index contributed by atoms with van der Waals surface area (Å²) in [6.07, 6.45) is 6.18. The molecule has 2 bridgehead atoms. The minimum atomic E-state index is -0.806. The van der Waals surface area contributed by atoms with Crippen molar-refractivity contribution in [3.05, 3.63) is 35.4 Å². The Morgan fingerprint density at radius 3 is 2.49 bits per heavy atom. The first-order valence-corrected chi connectivity index (χ1v) is 15.0. The van der Waals surface area contributed by atoms with Crippen molar-refractivity contribution in [2.24, 2.45) is 34.8 Å². The summed E-state index contributed by atoms with van der Waals surface area (Å²) >= 11 is 0. The van der Waals surface area contributed by atoms with Crippen molar-refractivity contribution >= 4 is 5.91 Å². The maximum atomic E-state index is 13.8. The molecule has 8 atom stereocenters. The number of benzene rings is 1. The number of fused-ring (bicyclic) bond motifs is 2. The molecule has 7 heteroatoms. The molecule has 0 spiro atoms. The van der Waals surface area contributed by atoms with Crippen LogP contribution in [0.2, 0.25) is 0 Å². The molecular formula is C32H47N3O4. The topological polar surface area (TPSA) is 108 Å². The predicted octanol–water partition coefficient (Wildman–Crippen LogP) is 3.36. The van der Waals surface area contributed by atoms with Gasteiger partial charge in [0, 0.05) is 17.5 Å². The number of aliphatic hydroxyl groups is 2. The Kier molecular flexibility index (Phi) is 8.16. The van der Waals surface area contributed by atoms with Gasteiger partial charge in [0.15, 0.2) is 0 Å².